The van der Waals surface area contributed by atoms with Gasteiger partial charge in [0.1, 0.15) is 9.91 Å². The standard InChI is InChI=1S/C11H21N2O2PS4/c1-6-8-19-16(17,14-7-2)15-13-10-9(18-5)12-11(3,4)20-10/h6-8H2,1-5H3. The van der Waals surface area contributed by atoms with Crippen LogP contribution in [0.5, 0.6) is 0 Å². The van der Waals surface area contributed by atoms with Gasteiger partial charge in [-0.3, -0.25) is 4.99 Å². The third kappa shape index (κ3) is 5.89. The third-order valence-electron chi connectivity index (χ3n) is 2.06. The average molecular weight is 373 g/mol. The number of hydrogen-bond acceptors (Lipinski definition) is 8. The molecular weight excluding hydrogens is 351 g/mol. The number of aliphatic imine (C=N–C) groups is 1. The highest BCUT2D eigenvalue weighted by Gasteiger charge is 2.32. The summed E-state index contributed by atoms with van der Waals surface area (Å²) in [7, 11) is 0. The van der Waals surface area contributed by atoms with Gasteiger partial charge in [0.05, 0.1) is 6.61 Å². The van der Waals surface area contributed by atoms with E-state index < -0.39 is 5.69 Å². The van der Waals surface area contributed by atoms with Crippen molar-refractivity contribution in [1.82, 2.24) is 0 Å². The maximum atomic E-state index is 5.62. The summed E-state index contributed by atoms with van der Waals surface area (Å²) in [5, 5.41) is 5.94. The smallest absolute Gasteiger partial charge is 0.321 e. The summed E-state index contributed by atoms with van der Waals surface area (Å²) in [6.07, 6.45) is 3.02. The molecule has 0 aromatic carbocycles. The van der Waals surface area contributed by atoms with Gasteiger partial charge in [0.2, 0.25) is 0 Å². The lowest BCUT2D eigenvalue weighted by atomic mass is 10.4. The number of oxime groups is 1. The first-order valence-corrected chi connectivity index (χ1v) is 12.6. The van der Waals surface area contributed by atoms with Crippen molar-refractivity contribution in [2.75, 3.05) is 18.6 Å². The van der Waals surface area contributed by atoms with E-state index in [9.17, 15) is 0 Å². The Morgan fingerprint density at radius 1 is 1.45 bits per heavy atom. The lowest BCUT2D eigenvalue weighted by Crippen LogP contribution is -2.06. The lowest BCUT2D eigenvalue weighted by molar-refractivity contribution is 0.281. The van der Waals surface area contributed by atoms with Crippen molar-refractivity contribution >= 4 is 62.5 Å². The molecule has 9 heteroatoms. The predicted octanol–water partition coefficient (Wildman–Crippen LogP) is 4.97. The van der Waals surface area contributed by atoms with E-state index in [-0.39, 0.29) is 4.87 Å². The van der Waals surface area contributed by atoms with E-state index in [2.05, 4.69) is 30.9 Å². The number of thioether (sulfide) groups is 2. The van der Waals surface area contributed by atoms with Crippen LogP contribution < -0.4 is 0 Å². The van der Waals surface area contributed by atoms with Gasteiger partial charge in [-0.05, 0) is 45.3 Å². The molecule has 1 aliphatic rings. The highest BCUT2D eigenvalue weighted by Crippen LogP contribution is 2.61. The summed E-state index contributed by atoms with van der Waals surface area (Å²) in [5.41, 5.74) is -2.38. The maximum absolute atomic E-state index is 5.62. The van der Waals surface area contributed by atoms with E-state index in [1.54, 1.807) is 34.9 Å². The molecule has 0 aromatic heterocycles. The molecule has 0 N–H and O–H groups in total. The Morgan fingerprint density at radius 2 is 2.15 bits per heavy atom. The summed E-state index contributed by atoms with van der Waals surface area (Å²) in [4.78, 5) is 4.40. The van der Waals surface area contributed by atoms with Crippen LogP contribution in [0, 0.1) is 0 Å². The summed E-state index contributed by atoms with van der Waals surface area (Å²) >= 11 is 10.2. The maximum Gasteiger partial charge on any atom is 0.321 e. The molecular formula is C11H21N2O2PS4. The zero-order valence-corrected chi connectivity index (χ0v) is 16.6. The Kier molecular flexibility index (Phi) is 7.95. The largest absolute Gasteiger partial charge is 0.328 e. The first kappa shape index (κ1) is 18.8. The molecule has 0 amide bonds. The molecule has 0 saturated heterocycles. The highest BCUT2D eigenvalue weighted by molar-refractivity contribution is 8.67. The number of nitrogens with zero attached hydrogens (tertiary/aromatic N) is 2. The van der Waals surface area contributed by atoms with Gasteiger partial charge in [0.15, 0.2) is 5.04 Å². The summed E-state index contributed by atoms with van der Waals surface area (Å²) in [6.45, 7) is 8.69. The molecule has 4 nitrogen and oxygen atoms in total. The van der Waals surface area contributed by atoms with Crippen LogP contribution in [0.2, 0.25) is 0 Å². The Morgan fingerprint density at radius 3 is 2.70 bits per heavy atom. The molecule has 0 aliphatic carbocycles. The van der Waals surface area contributed by atoms with Crippen LogP contribution in [0.15, 0.2) is 10.1 Å². The second-order valence-corrected chi connectivity index (χ2v) is 13.1. The Bertz CT molecular complexity index is 440. The molecule has 0 radical (unpaired) electrons. The molecule has 1 heterocycles. The van der Waals surface area contributed by atoms with Crippen LogP contribution in [0.25, 0.3) is 0 Å². The minimum atomic E-state index is -2.38. The fraction of sp³-hybridized carbons (Fsp3) is 0.818. The van der Waals surface area contributed by atoms with Crippen molar-refractivity contribution < 1.29 is 9.15 Å². The Hall–Kier alpha value is 0.800. The van der Waals surface area contributed by atoms with Crippen molar-refractivity contribution in [3.8, 4) is 0 Å². The first-order valence-electron chi connectivity index (χ1n) is 6.35. The van der Waals surface area contributed by atoms with Crippen LogP contribution in [0.4, 0.5) is 0 Å². The highest BCUT2D eigenvalue weighted by atomic mass is 32.9. The number of rotatable bonds is 7. The minimum absolute atomic E-state index is 0.189. The zero-order valence-electron chi connectivity index (χ0n) is 12.4. The van der Waals surface area contributed by atoms with Crippen LogP contribution in [0.1, 0.15) is 34.1 Å². The topological polar surface area (TPSA) is 43.2 Å². The molecule has 1 rings (SSSR count). The van der Waals surface area contributed by atoms with Gasteiger partial charge >= 0.3 is 5.69 Å². The van der Waals surface area contributed by atoms with Crippen LogP contribution in [-0.2, 0) is 21.0 Å². The Balaban J connectivity index is 2.78. The van der Waals surface area contributed by atoms with E-state index in [1.807, 2.05) is 13.2 Å². The zero-order chi connectivity index (χ0) is 15.2. The van der Waals surface area contributed by atoms with Crippen molar-refractivity contribution in [2.45, 2.75) is 39.0 Å². The quantitative estimate of drug-likeness (QED) is 0.464. The summed E-state index contributed by atoms with van der Waals surface area (Å²) < 4.78 is 11.2. The molecule has 1 aliphatic heterocycles. The second kappa shape index (κ2) is 8.44. The van der Waals surface area contributed by atoms with Crippen LogP contribution >= 0.6 is 40.6 Å². The van der Waals surface area contributed by atoms with E-state index in [1.165, 1.54) is 0 Å². The SMILES string of the molecule is CCCSP(=S)(OCC)ON=C1SC(C)(C)N=C1SC. The van der Waals surface area contributed by atoms with Crippen LogP contribution in [-0.4, -0.2) is 33.6 Å². The predicted molar refractivity (Wildman–Crippen MR) is 99.8 cm³/mol. The molecule has 1 unspecified atom stereocenters. The normalized spacial score (nSPS) is 22.6. The van der Waals surface area contributed by atoms with Gasteiger partial charge in [-0.2, -0.15) is 0 Å². The van der Waals surface area contributed by atoms with Gasteiger partial charge in [-0.25, -0.2) is 0 Å². The molecule has 0 fully saturated rings. The van der Waals surface area contributed by atoms with E-state index in [4.69, 9.17) is 21.0 Å². The van der Waals surface area contributed by atoms with Crippen molar-refractivity contribution in [3.63, 3.8) is 0 Å². The van der Waals surface area contributed by atoms with Gasteiger partial charge in [-0.15, -0.1) is 11.8 Å². The van der Waals surface area contributed by atoms with E-state index in [0.29, 0.717) is 6.61 Å². The van der Waals surface area contributed by atoms with Crippen molar-refractivity contribution in [3.05, 3.63) is 0 Å². The van der Waals surface area contributed by atoms with E-state index >= 15 is 0 Å². The first-order chi connectivity index (χ1) is 9.36. The second-order valence-electron chi connectivity index (χ2n) is 4.35. The molecule has 1 atom stereocenters. The minimum Gasteiger partial charge on any atom is -0.328 e. The summed E-state index contributed by atoms with van der Waals surface area (Å²) in [5.74, 6) is 0.921. The fourth-order valence-corrected chi connectivity index (χ4v) is 7.32. The Labute approximate surface area is 139 Å². The summed E-state index contributed by atoms with van der Waals surface area (Å²) in [6, 6.07) is 0. The fourth-order valence-electron chi connectivity index (χ4n) is 1.32. The molecule has 0 saturated carbocycles. The average Bonchev–Trinajstić information content (AvgIpc) is 2.69. The lowest BCUT2D eigenvalue weighted by Gasteiger charge is -2.17. The van der Waals surface area contributed by atoms with Crippen molar-refractivity contribution in [1.29, 1.82) is 0 Å². The molecule has 20 heavy (non-hydrogen) atoms. The molecule has 116 valence electrons. The molecule has 0 aromatic rings. The van der Waals surface area contributed by atoms with Crippen molar-refractivity contribution in [2.24, 2.45) is 10.1 Å². The van der Waals surface area contributed by atoms with E-state index in [0.717, 1.165) is 22.3 Å². The van der Waals surface area contributed by atoms with Crippen LogP contribution in [0.3, 0.4) is 0 Å². The van der Waals surface area contributed by atoms with Gasteiger partial charge in [0, 0.05) is 5.75 Å². The van der Waals surface area contributed by atoms with Gasteiger partial charge < -0.3 is 9.15 Å². The van der Waals surface area contributed by atoms with Gasteiger partial charge in [-0.1, -0.05) is 35.2 Å². The monoisotopic (exact) mass is 372 g/mol. The molecule has 0 spiro atoms. The number of hydrogen-bond donors (Lipinski definition) is 0. The van der Waals surface area contributed by atoms with Gasteiger partial charge in [0.25, 0.3) is 0 Å². The third-order valence-corrected chi connectivity index (χ3v) is 9.15. The molecule has 0 bridgehead atoms.